The van der Waals surface area contributed by atoms with Crippen LogP contribution in [0, 0.1) is 20.8 Å². The predicted octanol–water partition coefficient (Wildman–Crippen LogP) is 7.00. The van der Waals surface area contributed by atoms with E-state index in [0.717, 1.165) is 54.4 Å². The zero-order valence-electron chi connectivity index (χ0n) is 25.0. The van der Waals surface area contributed by atoms with Crippen molar-refractivity contribution in [2.45, 2.75) is 105 Å². The summed E-state index contributed by atoms with van der Waals surface area (Å²) in [5.74, 6) is -0.619. The maximum absolute atomic E-state index is 14.0. The topological polar surface area (TPSA) is 87.7 Å². The zero-order valence-corrected chi connectivity index (χ0v) is 25.0. The van der Waals surface area contributed by atoms with Gasteiger partial charge < -0.3 is 20.3 Å². The molecule has 0 aliphatic heterocycles. The molecule has 0 bridgehead atoms. The molecule has 0 aliphatic rings. The number of rotatable bonds is 12. The van der Waals surface area contributed by atoms with Crippen molar-refractivity contribution in [1.82, 2.24) is 10.2 Å². The standard InChI is InChI=1S/C32H47N3O4/c1-9-10-11-12-15-21-35(30(37)25(5)33-31(38)39-32(6,7)8)28(26-19-16-18-22(2)24(26)4)29(36)34-27-20-14-13-17-23(27)3/h13-14,16-20,25,28H,9-12,15,21H2,1-8H3,(H,33,38)(H,34,36). The lowest BCUT2D eigenvalue weighted by atomic mass is 9.94. The monoisotopic (exact) mass is 537 g/mol. The van der Waals surface area contributed by atoms with Crippen molar-refractivity contribution >= 4 is 23.6 Å². The highest BCUT2D eigenvalue weighted by Gasteiger charge is 2.35. The van der Waals surface area contributed by atoms with Crippen molar-refractivity contribution < 1.29 is 19.1 Å². The molecule has 0 heterocycles. The predicted molar refractivity (Wildman–Crippen MR) is 158 cm³/mol. The highest BCUT2D eigenvalue weighted by Crippen LogP contribution is 2.29. The molecule has 39 heavy (non-hydrogen) atoms. The van der Waals surface area contributed by atoms with Gasteiger partial charge in [-0.3, -0.25) is 9.59 Å². The highest BCUT2D eigenvalue weighted by atomic mass is 16.6. The number of carbonyl (C=O) groups is 3. The van der Waals surface area contributed by atoms with E-state index in [2.05, 4.69) is 17.6 Å². The molecule has 7 nitrogen and oxygen atoms in total. The van der Waals surface area contributed by atoms with Gasteiger partial charge in [-0.2, -0.15) is 0 Å². The molecule has 0 saturated carbocycles. The summed E-state index contributed by atoms with van der Waals surface area (Å²) in [6.07, 6.45) is 4.34. The smallest absolute Gasteiger partial charge is 0.408 e. The minimum atomic E-state index is -0.880. The Balaban J connectivity index is 2.48. The summed E-state index contributed by atoms with van der Waals surface area (Å²) in [4.78, 5) is 42.1. The number of nitrogens with one attached hydrogen (secondary N) is 2. The van der Waals surface area contributed by atoms with E-state index in [0.29, 0.717) is 12.2 Å². The maximum atomic E-state index is 14.0. The van der Waals surface area contributed by atoms with Gasteiger partial charge in [0, 0.05) is 12.2 Å². The molecule has 214 valence electrons. The summed E-state index contributed by atoms with van der Waals surface area (Å²) < 4.78 is 5.38. The van der Waals surface area contributed by atoms with Crippen LogP contribution in [-0.4, -0.2) is 41.0 Å². The fourth-order valence-corrected chi connectivity index (χ4v) is 4.48. The quantitative estimate of drug-likeness (QED) is 0.285. The number of alkyl carbamates (subject to hydrolysis) is 1. The minimum absolute atomic E-state index is 0.288. The van der Waals surface area contributed by atoms with Gasteiger partial charge in [0.1, 0.15) is 17.7 Å². The van der Waals surface area contributed by atoms with Crippen LogP contribution in [0.5, 0.6) is 0 Å². The van der Waals surface area contributed by atoms with E-state index in [1.807, 2.05) is 63.2 Å². The van der Waals surface area contributed by atoms with Crippen LogP contribution in [0.15, 0.2) is 42.5 Å². The molecular weight excluding hydrogens is 490 g/mol. The largest absolute Gasteiger partial charge is 0.444 e. The molecule has 2 atom stereocenters. The summed E-state index contributed by atoms with van der Waals surface area (Å²) in [5.41, 5.74) is 3.71. The third-order valence-corrected chi connectivity index (χ3v) is 6.79. The fourth-order valence-electron chi connectivity index (χ4n) is 4.48. The van der Waals surface area contributed by atoms with Gasteiger partial charge in [-0.05, 0) is 83.2 Å². The van der Waals surface area contributed by atoms with E-state index in [1.165, 1.54) is 0 Å². The third kappa shape index (κ3) is 9.72. The number of nitrogens with zero attached hydrogens (tertiary/aromatic N) is 1. The molecule has 0 fully saturated rings. The van der Waals surface area contributed by atoms with E-state index in [9.17, 15) is 14.4 Å². The summed E-state index contributed by atoms with van der Waals surface area (Å²) in [6, 6.07) is 11.7. The normalized spacial score (nSPS) is 12.8. The van der Waals surface area contributed by atoms with Gasteiger partial charge in [0.15, 0.2) is 0 Å². The summed E-state index contributed by atoms with van der Waals surface area (Å²) in [5, 5.41) is 5.74. The van der Waals surface area contributed by atoms with E-state index in [4.69, 9.17) is 4.74 Å². The van der Waals surface area contributed by atoms with Crippen LogP contribution in [0.2, 0.25) is 0 Å². The number of hydrogen-bond donors (Lipinski definition) is 2. The van der Waals surface area contributed by atoms with E-state index >= 15 is 0 Å². The Kier molecular flexibility index (Phi) is 12.0. The van der Waals surface area contributed by atoms with Crippen LogP contribution < -0.4 is 10.6 Å². The van der Waals surface area contributed by atoms with E-state index < -0.39 is 23.8 Å². The van der Waals surface area contributed by atoms with Gasteiger partial charge in [0.2, 0.25) is 5.91 Å². The summed E-state index contributed by atoms with van der Waals surface area (Å²) in [6.45, 7) is 15.4. The molecule has 0 aliphatic carbocycles. The van der Waals surface area contributed by atoms with Crippen LogP contribution in [0.1, 0.15) is 95.0 Å². The lowest BCUT2D eigenvalue weighted by Crippen LogP contribution is -2.51. The Morgan fingerprint density at radius 2 is 1.54 bits per heavy atom. The molecular formula is C32H47N3O4. The number of amides is 3. The first-order chi connectivity index (χ1) is 18.4. The number of aryl methyl sites for hydroxylation is 2. The second-order valence-electron chi connectivity index (χ2n) is 11.3. The van der Waals surface area contributed by atoms with Crippen LogP contribution >= 0.6 is 0 Å². The number of unbranched alkanes of at least 4 members (excludes halogenated alkanes) is 4. The first-order valence-electron chi connectivity index (χ1n) is 14.1. The number of para-hydroxylation sites is 1. The Morgan fingerprint density at radius 3 is 2.18 bits per heavy atom. The molecule has 2 rings (SSSR count). The Hall–Kier alpha value is -3.35. The average molecular weight is 538 g/mol. The molecule has 3 amide bonds. The molecule has 2 unspecified atom stereocenters. The second-order valence-corrected chi connectivity index (χ2v) is 11.3. The number of benzene rings is 2. The average Bonchev–Trinajstić information content (AvgIpc) is 2.85. The third-order valence-electron chi connectivity index (χ3n) is 6.79. The molecule has 0 radical (unpaired) electrons. The Morgan fingerprint density at radius 1 is 0.897 bits per heavy atom. The zero-order chi connectivity index (χ0) is 29.2. The number of ether oxygens (including phenoxy) is 1. The van der Waals surface area contributed by atoms with Crippen molar-refractivity contribution in [3.8, 4) is 0 Å². The fraction of sp³-hybridized carbons (Fsp3) is 0.531. The summed E-state index contributed by atoms with van der Waals surface area (Å²) >= 11 is 0. The van der Waals surface area contributed by atoms with Gasteiger partial charge in [0.05, 0.1) is 0 Å². The summed E-state index contributed by atoms with van der Waals surface area (Å²) in [7, 11) is 0. The lowest BCUT2D eigenvalue weighted by molar-refractivity contribution is -0.140. The number of anilines is 1. The van der Waals surface area contributed by atoms with Crippen LogP contribution in [0.3, 0.4) is 0 Å². The molecule has 0 saturated heterocycles. The van der Waals surface area contributed by atoms with Gasteiger partial charge in [-0.15, -0.1) is 0 Å². The van der Waals surface area contributed by atoms with Gasteiger partial charge >= 0.3 is 6.09 Å². The lowest BCUT2D eigenvalue weighted by Gasteiger charge is -2.34. The van der Waals surface area contributed by atoms with Crippen molar-refractivity contribution in [3.05, 3.63) is 64.7 Å². The van der Waals surface area contributed by atoms with Crippen molar-refractivity contribution in [2.24, 2.45) is 0 Å². The van der Waals surface area contributed by atoms with Crippen molar-refractivity contribution in [3.63, 3.8) is 0 Å². The van der Waals surface area contributed by atoms with Crippen molar-refractivity contribution in [1.29, 1.82) is 0 Å². The van der Waals surface area contributed by atoms with E-state index in [1.54, 1.807) is 32.6 Å². The molecule has 2 N–H and O–H groups in total. The van der Waals surface area contributed by atoms with E-state index in [-0.39, 0.29) is 11.8 Å². The van der Waals surface area contributed by atoms with Crippen LogP contribution in [-0.2, 0) is 14.3 Å². The second kappa shape index (κ2) is 14.7. The molecule has 0 spiro atoms. The van der Waals surface area contributed by atoms with Gasteiger partial charge in [-0.25, -0.2) is 4.79 Å². The molecule has 0 aromatic heterocycles. The maximum Gasteiger partial charge on any atom is 0.408 e. The number of hydrogen-bond acceptors (Lipinski definition) is 4. The van der Waals surface area contributed by atoms with Crippen molar-refractivity contribution in [2.75, 3.05) is 11.9 Å². The number of carbonyl (C=O) groups excluding carboxylic acids is 3. The van der Waals surface area contributed by atoms with Gasteiger partial charge in [-0.1, -0.05) is 69.0 Å². The first kappa shape index (κ1) is 31.9. The minimum Gasteiger partial charge on any atom is -0.444 e. The SMILES string of the molecule is CCCCCCCN(C(=O)C(C)NC(=O)OC(C)(C)C)C(C(=O)Nc1ccccc1C)c1cccc(C)c1C. The highest BCUT2D eigenvalue weighted by molar-refractivity contribution is 5.99. The van der Waals surface area contributed by atoms with Crippen LogP contribution in [0.4, 0.5) is 10.5 Å². The molecule has 2 aromatic carbocycles. The Labute approximate surface area is 234 Å². The molecule has 7 heteroatoms. The molecule has 2 aromatic rings. The van der Waals surface area contributed by atoms with Crippen LogP contribution in [0.25, 0.3) is 0 Å². The first-order valence-corrected chi connectivity index (χ1v) is 14.1. The Bertz CT molecular complexity index is 1120. The van der Waals surface area contributed by atoms with Gasteiger partial charge in [0.25, 0.3) is 5.91 Å².